The molecule has 0 bridgehead atoms. The number of hydrogen-bond acceptors (Lipinski definition) is 3. The zero-order valence-electron chi connectivity index (χ0n) is 17.6. The molecule has 2 amide bonds. The van der Waals surface area contributed by atoms with E-state index >= 15 is 0 Å². The lowest BCUT2D eigenvalue weighted by Gasteiger charge is -2.38. The van der Waals surface area contributed by atoms with Crippen molar-refractivity contribution in [1.82, 2.24) is 20.0 Å². The normalized spacial score (nSPS) is 20.8. The van der Waals surface area contributed by atoms with Crippen LogP contribution in [0.1, 0.15) is 57.2 Å². The Hall–Kier alpha value is -2.70. The third kappa shape index (κ3) is 4.33. The molecule has 1 fully saturated rings. The van der Waals surface area contributed by atoms with Gasteiger partial charge in [0.25, 0.3) is 0 Å². The number of likely N-dealkylation sites (tertiary alicyclic amines) is 1. The van der Waals surface area contributed by atoms with E-state index in [1.54, 1.807) is 36.0 Å². The molecule has 29 heavy (non-hydrogen) atoms. The van der Waals surface area contributed by atoms with Crippen molar-refractivity contribution in [1.29, 1.82) is 0 Å². The highest BCUT2D eigenvalue weighted by molar-refractivity contribution is 5.84. The van der Waals surface area contributed by atoms with Gasteiger partial charge in [-0.25, -0.2) is 4.39 Å². The number of nitrogens with zero attached hydrogens (tertiary/aromatic N) is 3. The van der Waals surface area contributed by atoms with Crippen LogP contribution >= 0.6 is 0 Å². The molecule has 3 rings (SSSR count). The maximum atomic E-state index is 14.0. The van der Waals surface area contributed by atoms with Gasteiger partial charge in [-0.1, -0.05) is 18.2 Å². The van der Waals surface area contributed by atoms with Crippen LogP contribution in [0.25, 0.3) is 0 Å². The highest BCUT2D eigenvalue weighted by Gasteiger charge is 2.46. The van der Waals surface area contributed by atoms with Gasteiger partial charge >= 0.3 is 0 Å². The lowest BCUT2D eigenvalue weighted by Crippen LogP contribution is -2.45. The van der Waals surface area contributed by atoms with Crippen molar-refractivity contribution in [3.8, 4) is 0 Å². The molecular formula is C22H29FN4O2. The molecule has 3 atom stereocenters. The zero-order valence-corrected chi connectivity index (χ0v) is 17.6. The zero-order chi connectivity index (χ0) is 21.3. The van der Waals surface area contributed by atoms with Crippen molar-refractivity contribution in [2.45, 2.75) is 51.6 Å². The molecule has 1 N–H and O–H groups in total. The second-order valence-electron chi connectivity index (χ2n) is 8.78. The van der Waals surface area contributed by atoms with E-state index in [4.69, 9.17) is 0 Å². The number of carbonyl (C=O) groups excluding carboxylic acids is 2. The second-order valence-corrected chi connectivity index (χ2v) is 8.78. The summed E-state index contributed by atoms with van der Waals surface area (Å²) in [6, 6.07) is 6.14. The number of carbonyl (C=O) groups is 2. The molecule has 1 saturated heterocycles. The average Bonchev–Trinajstić information content (AvgIpc) is 3.21. The third-order valence-corrected chi connectivity index (χ3v) is 5.52. The van der Waals surface area contributed by atoms with Gasteiger partial charge in [0.05, 0.1) is 18.2 Å². The van der Waals surface area contributed by atoms with E-state index < -0.39 is 11.7 Å². The van der Waals surface area contributed by atoms with Crippen molar-refractivity contribution in [3.05, 3.63) is 53.6 Å². The van der Waals surface area contributed by atoms with Crippen LogP contribution in [-0.4, -0.2) is 38.6 Å². The Labute approximate surface area is 171 Å². The van der Waals surface area contributed by atoms with Crippen molar-refractivity contribution in [2.75, 3.05) is 6.54 Å². The summed E-state index contributed by atoms with van der Waals surface area (Å²) in [6.07, 6.45) is 4.04. The summed E-state index contributed by atoms with van der Waals surface area (Å²) < 4.78 is 15.7. The van der Waals surface area contributed by atoms with Gasteiger partial charge in [-0.15, -0.1) is 0 Å². The van der Waals surface area contributed by atoms with E-state index in [2.05, 4.69) is 10.4 Å². The molecule has 0 unspecified atom stereocenters. The van der Waals surface area contributed by atoms with Gasteiger partial charge in [0.15, 0.2) is 0 Å². The average molecular weight is 400 g/mol. The Morgan fingerprint density at radius 3 is 2.62 bits per heavy atom. The molecule has 2 aromatic rings. The first-order valence-corrected chi connectivity index (χ1v) is 9.92. The number of aromatic nitrogens is 2. The summed E-state index contributed by atoms with van der Waals surface area (Å²) in [5, 5.41) is 7.20. The van der Waals surface area contributed by atoms with Crippen LogP contribution in [0.2, 0.25) is 0 Å². The van der Waals surface area contributed by atoms with E-state index in [9.17, 15) is 14.0 Å². The quantitative estimate of drug-likeness (QED) is 0.838. The van der Waals surface area contributed by atoms with Crippen LogP contribution in [-0.2, 0) is 16.6 Å². The van der Waals surface area contributed by atoms with Crippen LogP contribution in [0.5, 0.6) is 0 Å². The number of hydrogen-bond donors (Lipinski definition) is 1. The van der Waals surface area contributed by atoms with E-state index in [-0.39, 0.29) is 29.3 Å². The lowest BCUT2D eigenvalue weighted by atomic mass is 9.93. The molecule has 7 heteroatoms. The number of aryl methyl sites for hydroxylation is 1. The fourth-order valence-corrected chi connectivity index (χ4v) is 4.14. The topological polar surface area (TPSA) is 67.2 Å². The predicted octanol–water partition coefficient (Wildman–Crippen LogP) is 3.17. The highest BCUT2D eigenvalue weighted by atomic mass is 19.1. The van der Waals surface area contributed by atoms with Crippen molar-refractivity contribution < 1.29 is 14.0 Å². The monoisotopic (exact) mass is 400 g/mol. The van der Waals surface area contributed by atoms with E-state index in [0.29, 0.717) is 18.5 Å². The van der Waals surface area contributed by atoms with E-state index in [0.717, 1.165) is 5.56 Å². The van der Waals surface area contributed by atoms with Gasteiger partial charge in [-0.05, 0) is 39.3 Å². The van der Waals surface area contributed by atoms with Gasteiger partial charge in [0.2, 0.25) is 11.8 Å². The Bertz CT molecular complexity index is 902. The van der Waals surface area contributed by atoms with Gasteiger partial charge in [-0.3, -0.25) is 14.3 Å². The summed E-state index contributed by atoms with van der Waals surface area (Å²) in [5.41, 5.74) is 0.971. The Morgan fingerprint density at radius 2 is 2.03 bits per heavy atom. The Balaban J connectivity index is 1.77. The Morgan fingerprint density at radius 1 is 1.34 bits per heavy atom. The third-order valence-electron chi connectivity index (χ3n) is 5.52. The molecule has 0 spiro atoms. The minimum atomic E-state index is -0.608. The molecule has 1 aliphatic rings. The van der Waals surface area contributed by atoms with Crippen LogP contribution in [0.4, 0.5) is 4.39 Å². The second kappa shape index (κ2) is 7.97. The summed E-state index contributed by atoms with van der Waals surface area (Å²) >= 11 is 0. The molecule has 156 valence electrons. The Kier molecular flexibility index (Phi) is 5.78. The van der Waals surface area contributed by atoms with Crippen molar-refractivity contribution in [2.24, 2.45) is 13.0 Å². The van der Waals surface area contributed by atoms with Crippen molar-refractivity contribution >= 4 is 11.8 Å². The molecule has 1 aromatic carbocycles. The standard InChI is InChI=1S/C22H29FN4O2/c1-14(17-8-6-7-9-18(17)23)21(29)24-11-15-10-19(28)27(22(2,3)4)20(15)16-12-25-26(5)13-16/h6-9,12-15,20H,10-11H2,1-5H3,(H,24,29)/t14-,15-,20+/m0/s1. The summed E-state index contributed by atoms with van der Waals surface area (Å²) in [5.74, 6) is -1.26. The number of rotatable bonds is 5. The molecule has 6 nitrogen and oxygen atoms in total. The summed E-state index contributed by atoms with van der Waals surface area (Å²) in [6.45, 7) is 8.06. The number of benzene rings is 1. The predicted molar refractivity (Wildman–Crippen MR) is 108 cm³/mol. The van der Waals surface area contributed by atoms with E-state index in [1.165, 1.54) is 6.07 Å². The number of halogens is 1. The first-order chi connectivity index (χ1) is 13.6. The maximum absolute atomic E-state index is 14.0. The highest BCUT2D eigenvalue weighted by Crippen LogP contribution is 2.42. The molecule has 0 aliphatic carbocycles. The largest absolute Gasteiger partial charge is 0.355 e. The number of nitrogens with one attached hydrogen (secondary N) is 1. The minimum Gasteiger partial charge on any atom is -0.355 e. The lowest BCUT2D eigenvalue weighted by molar-refractivity contribution is -0.133. The van der Waals surface area contributed by atoms with Gasteiger partial charge < -0.3 is 10.2 Å². The molecule has 2 heterocycles. The molecular weight excluding hydrogens is 371 g/mol. The van der Waals surface area contributed by atoms with Crippen LogP contribution < -0.4 is 5.32 Å². The van der Waals surface area contributed by atoms with Crippen LogP contribution in [0.15, 0.2) is 36.7 Å². The molecule has 0 radical (unpaired) electrons. The number of amides is 2. The fraction of sp³-hybridized carbons (Fsp3) is 0.500. The van der Waals surface area contributed by atoms with Crippen LogP contribution in [0, 0.1) is 11.7 Å². The smallest absolute Gasteiger partial charge is 0.227 e. The summed E-state index contributed by atoms with van der Waals surface area (Å²) in [7, 11) is 1.84. The van der Waals surface area contributed by atoms with Crippen molar-refractivity contribution in [3.63, 3.8) is 0 Å². The molecule has 1 aliphatic heterocycles. The van der Waals surface area contributed by atoms with E-state index in [1.807, 2.05) is 38.9 Å². The van der Waals surface area contributed by atoms with Crippen LogP contribution in [0.3, 0.4) is 0 Å². The molecule has 1 aromatic heterocycles. The first kappa shape index (κ1) is 21.0. The first-order valence-electron chi connectivity index (χ1n) is 9.92. The summed E-state index contributed by atoms with van der Waals surface area (Å²) in [4.78, 5) is 27.4. The maximum Gasteiger partial charge on any atom is 0.227 e. The van der Waals surface area contributed by atoms with Gasteiger partial charge in [-0.2, -0.15) is 5.10 Å². The van der Waals surface area contributed by atoms with Gasteiger partial charge in [0.1, 0.15) is 5.82 Å². The minimum absolute atomic E-state index is 0.0627. The fourth-order valence-electron chi connectivity index (χ4n) is 4.14. The molecule has 0 saturated carbocycles. The van der Waals surface area contributed by atoms with Gasteiger partial charge in [0, 0.05) is 43.2 Å². The SMILES string of the molecule is C[C@H](C(=O)NC[C@@H]1CC(=O)N(C(C)(C)C)[C@H]1c1cnn(C)c1)c1ccccc1F.